The van der Waals surface area contributed by atoms with E-state index in [1.807, 2.05) is 20.8 Å². The smallest absolute Gasteiger partial charge is 0.309 e. The van der Waals surface area contributed by atoms with Crippen molar-refractivity contribution in [2.45, 2.75) is 115 Å². The highest BCUT2D eigenvalue weighted by molar-refractivity contribution is 5.95. The van der Waals surface area contributed by atoms with Crippen molar-refractivity contribution in [1.82, 2.24) is 0 Å². The van der Waals surface area contributed by atoms with Crippen LogP contribution in [0.5, 0.6) is 0 Å². The molecular formula is C29H44O8. The molecule has 1 heterocycles. The average molecular weight is 521 g/mol. The molecule has 0 bridgehead atoms. The van der Waals surface area contributed by atoms with Crippen LogP contribution < -0.4 is 0 Å². The maximum absolute atomic E-state index is 13.3. The number of cyclic esters (lactones) is 1. The second-order valence-electron chi connectivity index (χ2n) is 13.7. The van der Waals surface area contributed by atoms with Crippen LogP contribution in [-0.2, 0) is 14.3 Å². The van der Waals surface area contributed by atoms with Gasteiger partial charge >= 0.3 is 5.97 Å². The van der Waals surface area contributed by atoms with Crippen molar-refractivity contribution >= 4 is 11.8 Å². The Bertz CT molecular complexity index is 1010. The predicted octanol–water partition coefficient (Wildman–Crippen LogP) is 1.89. The number of carbonyl (C=O) groups excluding carboxylic acids is 2. The van der Waals surface area contributed by atoms with Gasteiger partial charge < -0.3 is 30.3 Å². The quantitative estimate of drug-likeness (QED) is 0.354. The highest BCUT2D eigenvalue weighted by atomic mass is 16.6. The van der Waals surface area contributed by atoms with Gasteiger partial charge in [0.05, 0.1) is 35.4 Å². The Labute approximate surface area is 219 Å². The summed E-state index contributed by atoms with van der Waals surface area (Å²) in [5, 5.41) is 56.2. The van der Waals surface area contributed by atoms with Gasteiger partial charge in [0, 0.05) is 17.3 Å². The second-order valence-corrected chi connectivity index (χ2v) is 13.7. The first-order chi connectivity index (χ1) is 17.1. The number of ether oxygens (including phenoxy) is 1. The standard InChI is InChI=1S/C29H44O8/c1-14-16(15(2)37-25(14)34)10-24(33)28(5,35)23-7-9-29(36)18-11-20(30)19-12-21(31)22(32)13-26(19,3)17(18)6-8-27(23,29)4/h11,14-17,19,21-24,31-33,35-36H,6-10,12-13H2,1-5H3/t14?,15?,16-,17+,19?,21?,22?,23+,24?,26-,27-,28-,29-/m1/s1. The van der Waals surface area contributed by atoms with Crippen molar-refractivity contribution in [3.8, 4) is 0 Å². The van der Waals surface area contributed by atoms with Gasteiger partial charge in [-0.2, -0.15) is 0 Å². The third kappa shape index (κ3) is 3.65. The normalized spacial score (nSPS) is 51.9. The van der Waals surface area contributed by atoms with Crippen LogP contribution in [0.3, 0.4) is 0 Å². The fourth-order valence-corrected chi connectivity index (χ4v) is 9.39. The number of aliphatic hydroxyl groups is 5. The van der Waals surface area contributed by atoms with Crippen molar-refractivity contribution in [3.05, 3.63) is 11.6 Å². The highest BCUT2D eigenvalue weighted by Gasteiger charge is 2.69. The predicted molar refractivity (Wildman–Crippen MR) is 134 cm³/mol. The minimum Gasteiger partial charge on any atom is -0.462 e. The lowest BCUT2D eigenvalue weighted by Crippen LogP contribution is -2.63. The van der Waals surface area contributed by atoms with Gasteiger partial charge in [-0.05, 0) is 87.7 Å². The third-order valence-electron chi connectivity index (χ3n) is 11.9. The Morgan fingerprint density at radius 1 is 1.11 bits per heavy atom. The van der Waals surface area contributed by atoms with Crippen LogP contribution >= 0.6 is 0 Å². The van der Waals surface area contributed by atoms with Gasteiger partial charge in [-0.3, -0.25) is 9.59 Å². The Balaban J connectivity index is 1.44. The Morgan fingerprint density at radius 3 is 2.41 bits per heavy atom. The van der Waals surface area contributed by atoms with E-state index in [4.69, 9.17) is 4.74 Å². The van der Waals surface area contributed by atoms with E-state index in [1.165, 1.54) is 0 Å². The van der Waals surface area contributed by atoms with Crippen molar-refractivity contribution in [2.24, 2.45) is 40.4 Å². The number of hydrogen-bond acceptors (Lipinski definition) is 8. The Hall–Kier alpha value is -1.32. The summed E-state index contributed by atoms with van der Waals surface area (Å²) < 4.78 is 5.34. The average Bonchev–Trinajstić information content (AvgIpc) is 3.23. The molecule has 5 rings (SSSR count). The number of allylic oxidation sites excluding steroid dienone is 1. The van der Waals surface area contributed by atoms with Gasteiger partial charge in [-0.15, -0.1) is 0 Å². The van der Waals surface area contributed by atoms with Crippen LogP contribution in [0, 0.1) is 40.4 Å². The molecule has 1 saturated heterocycles. The molecule has 208 valence electrons. The lowest BCUT2D eigenvalue weighted by atomic mass is 9.45. The summed E-state index contributed by atoms with van der Waals surface area (Å²) in [5.41, 5.74) is -3.47. The van der Waals surface area contributed by atoms with Crippen LogP contribution in [0.15, 0.2) is 11.6 Å². The topological polar surface area (TPSA) is 145 Å². The molecule has 5 N–H and O–H groups in total. The largest absolute Gasteiger partial charge is 0.462 e. The number of aliphatic hydroxyl groups excluding tert-OH is 3. The van der Waals surface area contributed by atoms with E-state index in [1.54, 1.807) is 19.9 Å². The Morgan fingerprint density at radius 2 is 1.78 bits per heavy atom. The first kappa shape index (κ1) is 27.3. The first-order valence-electron chi connectivity index (χ1n) is 14.0. The van der Waals surface area contributed by atoms with Crippen molar-refractivity contribution in [1.29, 1.82) is 0 Å². The van der Waals surface area contributed by atoms with Crippen molar-refractivity contribution in [2.75, 3.05) is 0 Å². The van der Waals surface area contributed by atoms with E-state index in [-0.39, 0.29) is 48.5 Å². The molecule has 0 radical (unpaired) electrons. The fraction of sp³-hybridized carbons (Fsp3) is 0.862. The number of hydrogen-bond donors (Lipinski definition) is 5. The van der Waals surface area contributed by atoms with E-state index >= 15 is 0 Å². The molecule has 5 aliphatic rings. The summed E-state index contributed by atoms with van der Waals surface area (Å²) in [6.45, 7) is 9.21. The first-order valence-corrected chi connectivity index (χ1v) is 14.0. The van der Waals surface area contributed by atoms with E-state index in [9.17, 15) is 35.1 Å². The van der Waals surface area contributed by atoms with Gasteiger partial charge in [0.25, 0.3) is 0 Å². The summed E-state index contributed by atoms with van der Waals surface area (Å²) in [4.78, 5) is 25.4. The number of ketones is 1. The summed E-state index contributed by atoms with van der Waals surface area (Å²) in [6.07, 6.45) is 1.21. The van der Waals surface area contributed by atoms with Crippen molar-refractivity contribution in [3.63, 3.8) is 0 Å². The summed E-state index contributed by atoms with van der Waals surface area (Å²) in [5.74, 6) is -1.88. The van der Waals surface area contributed by atoms with E-state index in [2.05, 4.69) is 0 Å². The molecule has 3 saturated carbocycles. The number of carbonyl (C=O) groups is 2. The lowest BCUT2D eigenvalue weighted by molar-refractivity contribution is -0.178. The second kappa shape index (κ2) is 8.59. The molecule has 0 amide bonds. The molecule has 0 aromatic rings. The molecule has 37 heavy (non-hydrogen) atoms. The summed E-state index contributed by atoms with van der Waals surface area (Å²) >= 11 is 0. The molecule has 0 aromatic heterocycles. The molecule has 1 aliphatic heterocycles. The minimum absolute atomic E-state index is 0.104. The fourth-order valence-electron chi connectivity index (χ4n) is 9.39. The molecule has 0 spiro atoms. The van der Waals surface area contributed by atoms with Crippen LogP contribution in [-0.4, -0.2) is 72.9 Å². The minimum atomic E-state index is -1.52. The molecule has 4 aliphatic carbocycles. The SMILES string of the molecule is CC1OC(=O)C(C)[C@H]1CC(O)[C@](C)(O)[C@H]1CC[C@@]2(O)C3=CC(=O)C4CC(O)C(O)C[C@]4(C)[C@H]3CC[C@]12C. The van der Waals surface area contributed by atoms with Gasteiger partial charge in [-0.25, -0.2) is 0 Å². The molecule has 0 aromatic carbocycles. The van der Waals surface area contributed by atoms with Crippen LogP contribution in [0.1, 0.15) is 79.6 Å². The van der Waals surface area contributed by atoms with Crippen LogP contribution in [0.25, 0.3) is 0 Å². The zero-order valence-electron chi connectivity index (χ0n) is 22.7. The molecule has 6 unspecified atom stereocenters. The molecular weight excluding hydrogens is 476 g/mol. The van der Waals surface area contributed by atoms with Gasteiger partial charge in [0.15, 0.2) is 5.78 Å². The molecule has 13 atom stereocenters. The summed E-state index contributed by atoms with van der Waals surface area (Å²) in [7, 11) is 0. The van der Waals surface area contributed by atoms with E-state index in [0.29, 0.717) is 37.7 Å². The zero-order chi connectivity index (χ0) is 27.3. The lowest BCUT2D eigenvalue weighted by Gasteiger charge is -2.60. The summed E-state index contributed by atoms with van der Waals surface area (Å²) in [6, 6.07) is 0. The molecule has 8 nitrogen and oxygen atoms in total. The molecule has 8 heteroatoms. The van der Waals surface area contributed by atoms with E-state index in [0.717, 1.165) is 0 Å². The van der Waals surface area contributed by atoms with Crippen molar-refractivity contribution < 1.29 is 39.9 Å². The monoisotopic (exact) mass is 520 g/mol. The van der Waals surface area contributed by atoms with Gasteiger partial charge in [-0.1, -0.05) is 20.8 Å². The number of rotatable bonds is 4. The number of esters is 1. The van der Waals surface area contributed by atoms with Crippen LogP contribution in [0.2, 0.25) is 0 Å². The molecule has 4 fully saturated rings. The van der Waals surface area contributed by atoms with Gasteiger partial charge in [0.2, 0.25) is 0 Å². The van der Waals surface area contributed by atoms with Gasteiger partial charge in [0.1, 0.15) is 6.10 Å². The highest BCUT2D eigenvalue weighted by Crippen LogP contribution is 2.68. The Kier molecular flexibility index (Phi) is 6.33. The maximum atomic E-state index is 13.3. The van der Waals surface area contributed by atoms with E-state index < -0.39 is 52.2 Å². The zero-order valence-corrected chi connectivity index (χ0v) is 22.7. The third-order valence-corrected chi connectivity index (χ3v) is 11.9. The number of fused-ring (bicyclic) bond motifs is 5. The van der Waals surface area contributed by atoms with Crippen LogP contribution in [0.4, 0.5) is 0 Å². The maximum Gasteiger partial charge on any atom is 0.309 e.